The van der Waals surface area contributed by atoms with Crippen molar-refractivity contribution in [3.8, 4) is 0 Å². The summed E-state index contributed by atoms with van der Waals surface area (Å²) < 4.78 is 23.3. The minimum absolute atomic E-state index is 0.0754. The molecule has 1 aliphatic heterocycles. The monoisotopic (exact) mass is 390 g/mol. The third-order valence-corrected chi connectivity index (χ3v) is 4.65. The highest BCUT2D eigenvalue weighted by Crippen LogP contribution is 2.31. The van der Waals surface area contributed by atoms with Crippen LogP contribution in [-0.4, -0.2) is 54.8 Å². The quantitative estimate of drug-likeness (QED) is 0.569. The van der Waals surface area contributed by atoms with E-state index in [1.807, 2.05) is 0 Å². The minimum Gasteiger partial charge on any atom is -0.453 e. The van der Waals surface area contributed by atoms with Crippen LogP contribution in [0.15, 0.2) is 46.1 Å². The average Bonchev–Trinajstić information content (AvgIpc) is 3.09. The van der Waals surface area contributed by atoms with E-state index in [9.17, 15) is 14.4 Å². The third-order valence-electron chi connectivity index (χ3n) is 4.65. The Hall–Kier alpha value is -2.75. The third kappa shape index (κ3) is 3.91. The van der Waals surface area contributed by atoms with Gasteiger partial charge in [-0.2, -0.15) is 0 Å². The number of nitrogens with one attached hydrogen (secondary N) is 1. The number of carbonyl (C=O) groups is 1. The first-order chi connectivity index (χ1) is 13.5. The van der Waals surface area contributed by atoms with Crippen molar-refractivity contribution in [2.45, 2.75) is 31.5 Å². The number of rotatable bonds is 6. The molecule has 1 fully saturated rings. The van der Waals surface area contributed by atoms with Gasteiger partial charge in [-0.25, -0.2) is 9.59 Å². The molecule has 3 atom stereocenters. The van der Waals surface area contributed by atoms with Gasteiger partial charge in [0.15, 0.2) is 12.4 Å². The van der Waals surface area contributed by atoms with E-state index in [1.165, 1.54) is 25.0 Å². The fourth-order valence-electron chi connectivity index (χ4n) is 3.20. The van der Waals surface area contributed by atoms with E-state index in [-0.39, 0.29) is 6.61 Å². The number of ether oxygens (including phenoxy) is 4. The Labute approximate surface area is 160 Å². The normalized spacial score (nSPS) is 21.8. The Balaban J connectivity index is 1.97. The molecule has 28 heavy (non-hydrogen) atoms. The van der Waals surface area contributed by atoms with E-state index in [0.717, 1.165) is 0 Å². The molecule has 0 aliphatic carbocycles. The van der Waals surface area contributed by atoms with Gasteiger partial charge in [-0.3, -0.25) is 14.3 Å². The molecule has 1 aliphatic rings. The van der Waals surface area contributed by atoms with Gasteiger partial charge in [0.25, 0.3) is 5.56 Å². The van der Waals surface area contributed by atoms with Crippen molar-refractivity contribution in [3.05, 3.63) is 68.5 Å². The number of aryl methyl sites for hydroxylation is 1. The van der Waals surface area contributed by atoms with Crippen LogP contribution in [0, 0.1) is 6.92 Å². The molecule has 0 saturated carbocycles. The van der Waals surface area contributed by atoms with Gasteiger partial charge < -0.3 is 18.9 Å². The van der Waals surface area contributed by atoms with Crippen molar-refractivity contribution >= 4 is 5.97 Å². The number of H-pyrrole nitrogens is 1. The highest BCUT2D eigenvalue weighted by molar-refractivity contribution is 5.89. The van der Waals surface area contributed by atoms with Gasteiger partial charge >= 0.3 is 11.7 Å². The predicted molar refractivity (Wildman–Crippen MR) is 98.3 cm³/mol. The van der Waals surface area contributed by atoms with Crippen molar-refractivity contribution in [2.24, 2.45) is 0 Å². The number of hydrogen-bond donors (Lipinski definition) is 1. The molecule has 0 radical (unpaired) electrons. The molecule has 0 bridgehead atoms. The molecule has 3 rings (SSSR count). The SMILES string of the molecule is COC(OC)[C@@H]1OC[C@H](n2cc(C)c(=O)[nH]c2=O)[C@H]1OC(=O)c1ccccc1. The van der Waals surface area contributed by atoms with Crippen molar-refractivity contribution in [3.63, 3.8) is 0 Å². The lowest BCUT2D eigenvalue weighted by Gasteiger charge is -2.28. The Kier molecular flexibility index (Phi) is 6.08. The van der Waals surface area contributed by atoms with Crippen LogP contribution in [0.5, 0.6) is 0 Å². The molecule has 150 valence electrons. The summed E-state index contributed by atoms with van der Waals surface area (Å²) in [5, 5.41) is 0. The minimum atomic E-state index is -0.874. The molecular formula is C19H22N2O7. The summed E-state index contributed by atoms with van der Waals surface area (Å²) in [4.78, 5) is 38.9. The van der Waals surface area contributed by atoms with Gasteiger partial charge in [-0.1, -0.05) is 18.2 Å². The van der Waals surface area contributed by atoms with Crippen LogP contribution in [0.3, 0.4) is 0 Å². The Morgan fingerprint density at radius 2 is 1.89 bits per heavy atom. The van der Waals surface area contributed by atoms with Crippen LogP contribution < -0.4 is 11.2 Å². The van der Waals surface area contributed by atoms with E-state index in [1.54, 1.807) is 37.3 Å². The van der Waals surface area contributed by atoms with Crippen LogP contribution in [0.4, 0.5) is 0 Å². The average molecular weight is 390 g/mol. The van der Waals surface area contributed by atoms with Gasteiger partial charge in [0.2, 0.25) is 0 Å². The van der Waals surface area contributed by atoms with E-state index < -0.39 is 41.8 Å². The molecule has 2 heterocycles. The number of aromatic nitrogens is 2. The Morgan fingerprint density at radius 1 is 1.21 bits per heavy atom. The molecule has 1 aromatic carbocycles. The summed E-state index contributed by atoms with van der Waals surface area (Å²) in [6.07, 6.45) is -1.01. The van der Waals surface area contributed by atoms with Gasteiger partial charge in [0, 0.05) is 26.0 Å². The lowest BCUT2D eigenvalue weighted by Crippen LogP contribution is -2.45. The molecule has 1 N–H and O–H groups in total. The van der Waals surface area contributed by atoms with Crippen molar-refractivity contribution in [1.82, 2.24) is 9.55 Å². The van der Waals surface area contributed by atoms with E-state index in [0.29, 0.717) is 11.1 Å². The molecule has 0 unspecified atom stereocenters. The molecule has 9 heteroatoms. The maximum absolute atomic E-state index is 12.6. The number of aromatic amines is 1. The first-order valence-corrected chi connectivity index (χ1v) is 8.71. The first-order valence-electron chi connectivity index (χ1n) is 8.71. The number of nitrogens with zero attached hydrogens (tertiary/aromatic N) is 1. The zero-order valence-corrected chi connectivity index (χ0v) is 15.8. The second-order valence-electron chi connectivity index (χ2n) is 6.42. The maximum Gasteiger partial charge on any atom is 0.338 e. The van der Waals surface area contributed by atoms with E-state index in [2.05, 4.69) is 4.98 Å². The van der Waals surface area contributed by atoms with Gasteiger partial charge in [0.1, 0.15) is 12.1 Å². The highest BCUT2D eigenvalue weighted by atomic mass is 16.7. The van der Waals surface area contributed by atoms with Crippen LogP contribution in [0.2, 0.25) is 0 Å². The largest absolute Gasteiger partial charge is 0.453 e. The molecule has 1 saturated heterocycles. The standard InChI is InChI=1S/C19H22N2O7/c1-11-9-21(19(24)20-16(11)22)13-10-27-15(18(25-2)26-3)14(13)28-17(23)12-7-5-4-6-8-12/h4-9,13-15,18H,10H2,1-3H3,(H,20,22,24)/t13-,14+,15+/m0/s1. The fourth-order valence-corrected chi connectivity index (χ4v) is 3.20. The van der Waals surface area contributed by atoms with Crippen molar-refractivity contribution in [2.75, 3.05) is 20.8 Å². The number of hydrogen-bond acceptors (Lipinski definition) is 7. The number of carbonyl (C=O) groups excluding carboxylic acids is 1. The van der Waals surface area contributed by atoms with E-state index in [4.69, 9.17) is 18.9 Å². The Bertz CT molecular complexity index is 933. The van der Waals surface area contributed by atoms with Gasteiger partial charge in [0.05, 0.1) is 12.2 Å². The summed E-state index contributed by atoms with van der Waals surface area (Å²) in [5.74, 6) is -0.564. The summed E-state index contributed by atoms with van der Waals surface area (Å²) in [7, 11) is 2.88. The first kappa shape index (κ1) is 20.0. The highest BCUT2D eigenvalue weighted by Gasteiger charge is 2.46. The Morgan fingerprint density at radius 3 is 2.54 bits per heavy atom. The van der Waals surface area contributed by atoms with Crippen molar-refractivity contribution in [1.29, 1.82) is 0 Å². The van der Waals surface area contributed by atoms with Crippen LogP contribution in [0.1, 0.15) is 22.0 Å². The smallest absolute Gasteiger partial charge is 0.338 e. The molecule has 2 aromatic rings. The molecule has 0 spiro atoms. The molecule has 9 nitrogen and oxygen atoms in total. The second kappa shape index (κ2) is 8.51. The number of benzene rings is 1. The number of methoxy groups -OCH3 is 2. The number of esters is 1. The summed E-state index contributed by atoms with van der Waals surface area (Å²) in [6.45, 7) is 1.66. The molecule has 0 amide bonds. The lowest BCUT2D eigenvalue weighted by molar-refractivity contribution is -0.185. The van der Waals surface area contributed by atoms with Crippen LogP contribution in [-0.2, 0) is 18.9 Å². The lowest BCUT2D eigenvalue weighted by atomic mass is 10.1. The van der Waals surface area contributed by atoms with Crippen LogP contribution in [0.25, 0.3) is 0 Å². The van der Waals surface area contributed by atoms with Crippen LogP contribution >= 0.6 is 0 Å². The van der Waals surface area contributed by atoms with Gasteiger partial charge in [-0.15, -0.1) is 0 Å². The zero-order chi connectivity index (χ0) is 20.3. The predicted octanol–water partition coefficient (Wildman–Crippen LogP) is 0.629. The molecular weight excluding hydrogens is 368 g/mol. The zero-order valence-electron chi connectivity index (χ0n) is 15.8. The van der Waals surface area contributed by atoms with E-state index >= 15 is 0 Å². The summed E-state index contributed by atoms with van der Waals surface area (Å²) in [6, 6.07) is 7.83. The van der Waals surface area contributed by atoms with Gasteiger partial charge in [-0.05, 0) is 19.1 Å². The maximum atomic E-state index is 12.6. The van der Waals surface area contributed by atoms with Crippen molar-refractivity contribution < 1.29 is 23.7 Å². The summed E-state index contributed by atoms with van der Waals surface area (Å²) >= 11 is 0. The topological polar surface area (TPSA) is 109 Å². The molecule has 1 aromatic heterocycles. The second-order valence-corrected chi connectivity index (χ2v) is 6.42. The summed E-state index contributed by atoms with van der Waals surface area (Å²) in [5.41, 5.74) is -0.368. The fraction of sp³-hybridized carbons (Fsp3) is 0.421.